The van der Waals surface area contributed by atoms with Crippen molar-refractivity contribution in [3.8, 4) is 0 Å². The van der Waals surface area contributed by atoms with Crippen LogP contribution in [-0.4, -0.2) is 27.4 Å². The maximum absolute atomic E-state index is 13.2. The van der Waals surface area contributed by atoms with E-state index in [9.17, 15) is 9.18 Å². The van der Waals surface area contributed by atoms with Crippen LogP contribution in [0.4, 0.5) is 10.1 Å². The van der Waals surface area contributed by atoms with Crippen molar-refractivity contribution in [3.05, 3.63) is 42.0 Å². The molecule has 0 atom stereocenters. The number of carbonyl (C=O) groups excluding carboxylic acids is 1. The number of nitrogen functional groups attached to an aromatic ring is 1. The van der Waals surface area contributed by atoms with Crippen molar-refractivity contribution in [2.75, 3.05) is 12.3 Å². The number of aryl methyl sites for hydroxylation is 1. The SMILES string of the molecule is Nc1c(F)cccc1C(=O)NCCCn1ccnn1. The fourth-order valence-corrected chi connectivity index (χ4v) is 1.63. The van der Waals surface area contributed by atoms with Gasteiger partial charge in [0.15, 0.2) is 0 Å². The van der Waals surface area contributed by atoms with Gasteiger partial charge in [-0.25, -0.2) is 4.39 Å². The van der Waals surface area contributed by atoms with E-state index in [1.54, 1.807) is 17.1 Å². The minimum Gasteiger partial charge on any atom is -0.396 e. The van der Waals surface area contributed by atoms with E-state index in [0.717, 1.165) is 0 Å². The zero-order chi connectivity index (χ0) is 13.7. The lowest BCUT2D eigenvalue weighted by Gasteiger charge is -2.07. The monoisotopic (exact) mass is 263 g/mol. The van der Waals surface area contributed by atoms with E-state index in [4.69, 9.17) is 5.73 Å². The summed E-state index contributed by atoms with van der Waals surface area (Å²) < 4.78 is 14.9. The van der Waals surface area contributed by atoms with Gasteiger partial charge in [-0.15, -0.1) is 5.10 Å². The molecule has 0 aliphatic rings. The average Bonchev–Trinajstić information content (AvgIpc) is 2.91. The number of para-hydroxylation sites is 1. The molecule has 19 heavy (non-hydrogen) atoms. The lowest BCUT2D eigenvalue weighted by atomic mass is 10.1. The number of aromatic nitrogens is 3. The number of benzene rings is 1. The summed E-state index contributed by atoms with van der Waals surface area (Å²) in [6, 6.07) is 4.16. The Morgan fingerprint density at radius 1 is 1.47 bits per heavy atom. The van der Waals surface area contributed by atoms with Gasteiger partial charge in [-0.2, -0.15) is 0 Å². The molecule has 7 heteroatoms. The van der Waals surface area contributed by atoms with Crippen molar-refractivity contribution in [1.29, 1.82) is 0 Å². The molecule has 2 aromatic rings. The highest BCUT2D eigenvalue weighted by molar-refractivity contribution is 5.99. The van der Waals surface area contributed by atoms with E-state index in [1.165, 1.54) is 18.2 Å². The first kappa shape index (κ1) is 13.0. The Morgan fingerprint density at radius 3 is 3.05 bits per heavy atom. The molecule has 0 spiro atoms. The first-order valence-corrected chi connectivity index (χ1v) is 5.85. The third-order valence-corrected chi connectivity index (χ3v) is 2.62. The zero-order valence-corrected chi connectivity index (χ0v) is 10.2. The quantitative estimate of drug-likeness (QED) is 0.617. The van der Waals surface area contributed by atoms with Crippen LogP contribution < -0.4 is 11.1 Å². The van der Waals surface area contributed by atoms with Gasteiger partial charge < -0.3 is 11.1 Å². The number of hydrogen-bond donors (Lipinski definition) is 2. The van der Waals surface area contributed by atoms with Gasteiger partial charge in [0, 0.05) is 19.3 Å². The molecule has 0 aliphatic heterocycles. The van der Waals surface area contributed by atoms with Crippen LogP contribution in [0.25, 0.3) is 0 Å². The third-order valence-electron chi connectivity index (χ3n) is 2.62. The summed E-state index contributed by atoms with van der Waals surface area (Å²) in [5.74, 6) is -0.967. The number of nitrogens with one attached hydrogen (secondary N) is 1. The topological polar surface area (TPSA) is 85.8 Å². The van der Waals surface area contributed by atoms with Crippen molar-refractivity contribution in [2.24, 2.45) is 0 Å². The van der Waals surface area contributed by atoms with Gasteiger partial charge >= 0.3 is 0 Å². The second-order valence-corrected chi connectivity index (χ2v) is 3.98. The van der Waals surface area contributed by atoms with Gasteiger partial charge in [-0.05, 0) is 18.6 Å². The molecule has 0 radical (unpaired) electrons. The molecule has 0 unspecified atom stereocenters. The fourth-order valence-electron chi connectivity index (χ4n) is 1.63. The number of amides is 1. The van der Waals surface area contributed by atoms with Gasteiger partial charge in [-0.3, -0.25) is 9.48 Å². The first-order chi connectivity index (χ1) is 9.18. The lowest BCUT2D eigenvalue weighted by Crippen LogP contribution is -2.26. The Morgan fingerprint density at radius 2 is 2.32 bits per heavy atom. The third kappa shape index (κ3) is 3.27. The number of hydrogen-bond acceptors (Lipinski definition) is 4. The van der Waals surface area contributed by atoms with Crippen molar-refractivity contribution in [1.82, 2.24) is 20.3 Å². The van der Waals surface area contributed by atoms with E-state index in [0.29, 0.717) is 19.5 Å². The van der Waals surface area contributed by atoms with Gasteiger partial charge in [0.1, 0.15) is 5.82 Å². The molecule has 1 amide bonds. The molecule has 3 N–H and O–H groups in total. The minimum atomic E-state index is -0.588. The standard InChI is InChI=1S/C12H14FN5O/c13-10-4-1-3-9(11(10)14)12(19)15-5-2-7-18-8-6-16-17-18/h1,3-4,6,8H,2,5,7,14H2,(H,15,19). The number of carbonyl (C=O) groups is 1. The summed E-state index contributed by atoms with van der Waals surface area (Å²) in [5.41, 5.74) is 5.53. The first-order valence-electron chi connectivity index (χ1n) is 5.85. The van der Waals surface area contributed by atoms with Crippen LogP contribution in [0, 0.1) is 5.82 Å². The van der Waals surface area contributed by atoms with Crippen LogP contribution in [0.3, 0.4) is 0 Å². The van der Waals surface area contributed by atoms with Crippen LogP contribution in [0.5, 0.6) is 0 Å². The summed E-state index contributed by atoms with van der Waals surface area (Å²) >= 11 is 0. The Balaban J connectivity index is 1.83. The smallest absolute Gasteiger partial charge is 0.253 e. The van der Waals surface area contributed by atoms with E-state index in [2.05, 4.69) is 15.6 Å². The van der Waals surface area contributed by atoms with Crippen LogP contribution in [-0.2, 0) is 6.54 Å². The zero-order valence-electron chi connectivity index (χ0n) is 10.2. The normalized spacial score (nSPS) is 10.4. The Bertz CT molecular complexity index is 555. The Labute approximate surface area is 109 Å². The molecule has 2 rings (SSSR count). The minimum absolute atomic E-state index is 0.128. The molecule has 0 saturated carbocycles. The van der Waals surface area contributed by atoms with Gasteiger partial charge in [-0.1, -0.05) is 11.3 Å². The molecule has 1 aromatic carbocycles. The average molecular weight is 263 g/mol. The molecular weight excluding hydrogens is 249 g/mol. The van der Waals surface area contributed by atoms with E-state index in [1.807, 2.05) is 0 Å². The van der Waals surface area contributed by atoms with E-state index >= 15 is 0 Å². The second kappa shape index (κ2) is 5.94. The van der Waals surface area contributed by atoms with Crippen LogP contribution in [0.2, 0.25) is 0 Å². The fraction of sp³-hybridized carbons (Fsp3) is 0.250. The predicted molar refractivity (Wildman–Crippen MR) is 67.8 cm³/mol. The van der Waals surface area contributed by atoms with Gasteiger partial charge in [0.25, 0.3) is 5.91 Å². The van der Waals surface area contributed by atoms with E-state index in [-0.39, 0.29) is 17.2 Å². The van der Waals surface area contributed by atoms with Crippen LogP contribution >= 0.6 is 0 Å². The summed E-state index contributed by atoms with van der Waals surface area (Å²) in [6.07, 6.45) is 4.03. The largest absolute Gasteiger partial charge is 0.396 e. The van der Waals surface area contributed by atoms with Crippen molar-refractivity contribution >= 4 is 11.6 Å². The summed E-state index contributed by atoms with van der Waals surface area (Å²) in [7, 11) is 0. The van der Waals surface area contributed by atoms with Gasteiger partial charge in [0.2, 0.25) is 0 Å². The van der Waals surface area contributed by atoms with Crippen LogP contribution in [0.15, 0.2) is 30.6 Å². The molecule has 1 aromatic heterocycles. The molecule has 1 heterocycles. The number of halogens is 1. The van der Waals surface area contributed by atoms with Gasteiger partial charge in [0.05, 0.1) is 17.4 Å². The van der Waals surface area contributed by atoms with Crippen molar-refractivity contribution in [2.45, 2.75) is 13.0 Å². The van der Waals surface area contributed by atoms with E-state index < -0.39 is 5.82 Å². The predicted octanol–water partition coefficient (Wildman–Crippen LogP) is 0.819. The lowest BCUT2D eigenvalue weighted by molar-refractivity contribution is 0.0953. The van der Waals surface area contributed by atoms with Crippen LogP contribution in [0.1, 0.15) is 16.8 Å². The maximum Gasteiger partial charge on any atom is 0.253 e. The Hall–Kier alpha value is -2.44. The molecule has 100 valence electrons. The number of anilines is 1. The highest BCUT2D eigenvalue weighted by Crippen LogP contribution is 2.15. The Kier molecular flexibility index (Phi) is 4.07. The van der Waals surface area contributed by atoms with Crippen molar-refractivity contribution < 1.29 is 9.18 Å². The molecule has 0 aliphatic carbocycles. The number of nitrogens with zero attached hydrogens (tertiary/aromatic N) is 3. The second-order valence-electron chi connectivity index (χ2n) is 3.98. The summed E-state index contributed by atoms with van der Waals surface area (Å²) in [5, 5.41) is 10.2. The highest BCUT2D eigenvalue weighted by Gasteiger charge is 2.11. The molecule has 0 bridgehead atoms. The molecule has 0 saturated heterocycles. The number of rotatable bonds is 5. The number of nitrogens with two attached hydrogens (primary N) is 1. The summed E-state index contributed by atoms with van der Waals surface area (Å²) in [4.78, 5) is 11.8. The highest BCUT2D eigenvalue weighted by atomic mass is 19.1. The van der Waals surface area contributed by atoms with Crippen molar-refractivity contribution in [3.63, 3.8) is 0 Å². The molecular formula is C12H14FN5O. The maximum atomic E-state index is 13.2. The summed E-state index contributed by atoms with van der Waals surface area (Å²) in [6.45, 7) is 1.10. The molecule has 0 fully saturated rings. The molecule has 6 nitrogen and oxygen atoms in total.